The van der Waals surface area contributed by atoms with Crippen LogP contribution in [0.2, 0.25) is 0 Å². The van der Waals surface area contributed by atoms with E-state index in [-0.39, 0.29) is 12.5 Å². The van der Waals surface area contributed by atoms with Crippen LogP contribution in [0.4, 0.5) is 0 Å². The van der Waals surface area contributed by atoms with Crippen LogP contribution in [0, 0.1) is 0 Å². The van der Waals surface area contributed by atoms with Gasteiger partial charge in [-0.3, -0.25) is 4.79 Å². The number of likely N-dealkylation sites (tertiary alicyclic amines) is 1. The van der Waals surface area contributed by atoms with Gasteiger partial charge in [0.15, 0.2) is 0 Å². The van der Waals surface area contributed by atoms with Gasteiger partial charge in [-0.1, -0.05) is 0 Å². The Hall–Kier alpha value is -0.610. The number of rotatable bonds is 4. The molecule has 0 radical (unpaired) electrons. The summed E-state index contributed by atoms with van der Waals surface area (Å²) < 4.78 is 5.01. The Morgan fingerprint density at radius 3 is 3.00 bits per heavy atom. The Balaban J connectivity index is 2.13. The van der Waals surface area contributed by atoms with E-state index in [4.69, 9.17) is 4.74 Å². The van der Waals surface area contributed by atoms with Crippen molar-refractivity contribution >= 4 is 5.91 Å². The molecule has 0 aromatic carbocycles. The SMILES string of the molecule is CCOCC(=O)NC1CCN(C)C1. The predicted molar refractivity (Wildman–Crippen MR) is 50.5 cm³/mol. The molecule has 1 atom stereocenters. The molecule has 13 heavy (non-hydrogen) atoms. The van der Waals surface area contributed by atoms with Crippen molar-refractivity contribution in [3.63, 3.8) is 0 Å². The first-order chi connectivity index (χ1) is 6.22. The molecule has 76 valence electrons. The number of amides is 1. The van der Waals surface area contributed by atoms with Gasteiger partial charge < -0.3 is 15.0 Å². The van der Waals surface area contributed by atoms with Gasteiger partial charge in [0.25, 0.3) is 0 Å². The van der Waals surface area contributed by atoms with Crippen LogP contribution in [0.15, 0.2) is 0 Å². The standard InChI is InChI=1S/C9H18N2O2/c1-3-13-7-9(12)10-8-4-5-11(2)6-8/h8H,3-7H2,1-2H3,(H,10,12). The monoisotopic (exact) mass is 186 g/mol. The molecule has 0 aliphatic carbocycles. The summed E-state index contributed by atoms with van der Waals surface area (Å²) in [5.74, 6) is 0.00199. The third kappa shape index (κ3) is 3.74. The Morgan fingerprint density at radius 2 is 2.46 bits per heavy atom. The van der Waals surface area contributed by atoms with E-state index in [0.717, 1.165) is 19.5 Å². The van der Waals surface area contributed by atoms with E-state index in [2.05, 4.69) is 17.3 Å². The molecule has 0 aromatic rings. The molecule has 0 saturated carbocycles. The number of carbonyl (C=O) groups excluding carboxylic acids is 1. The van der Waals surface area contributed by atoms with E-state index in [1.807, 2.05) is 6.92 Å². The fraction of sp³-hybridized carbons (Fsp3) is 0.889. The number of hydrogen-bond acceptors (Lipinski definition) is 3. The second kappa shape index (κ2) is 5.19. The minimum atomic E-state index is 0.00199. The molecule has 0 spiro atoms. The fourth-order valence-corrected chi connectivity index (χ4v) is 1.52. The quantitative estimate of drug-likeness (QED) is 0.663. The van der Waals surface area contributed by atoms with E-state index < -0.39 is 0 Å². The van der Waals surface area contributed by atoms with Crippen molar-refractivity contribution < 1.29 is 9.53 Å². The first-order valence-electron chi connectivity index (χ1n) is 4.78. The maximum absolute atomic E-state index is 11.2. The number of nitrogens with one attached hydrogen (secondary N) is 1. The van der Waals surface area contributed by atoms with Gasteiger partial charge in [-0.2, -0.15) is 0 Å². The van der Waals surface area contributed by atoms with Gasteiger partial charge in [0.1, 0.15) is 6.61 Å². The van der Waals surface area contributed by atoms with E-state index in [0.29, 0.717) is 12.6 Å². The van der Waals surface area contributed by atoms with Crippen LogP contribution >= 0.6 is 0 Å². The summed E-state index contributed by atoms with van der Waals surface area (Å²) in [5, 5.41) is 2.94. The van der Waals surface area contributed by atoms with E-state index >= 15 is 0 Å². The summed E-state index contributed by atoms with van der Waals surface area (Å²) >= 11 is 0. The van der Waals surface area contributed by atoms with Crippen LogP contribution in [-0.4, -0.2) is 50.2 Å². The minimum Gasteiger partial charge on any atom is -0.372 e. The largest absolute Gasteiger partial charge is 0.372 e. The van der Waals surface area contributed by atoms with Gasteiger partial charge in [0.05, 0.1) is 0 Å². The Morgan fingerprint density at radius 1 is 1.69 bits per heavy atom. The van der Waals surface area contributed by atoms with Crippen molar-refractivity contribution in [1.29, 1.82) is 0 Å². The lowest BCUT2D eigenvalue weighted by molar-refractivity contribution is -0.126. The van der Waals surface area contributed by atoms with Crippen molar-refractivity contribution in [3.05, 3.63) is 0 Å². The Bertz CT molecular complexity index is 173. The predicted octanol–water partition coefficient (Wildman–Crippen LogP) is -0.157. The van der Waals surface area contributed by atoms with Crippen molar-refractivity contribution in [2.45, 2.75) is 19.4 Å². The van der Waals surface area contributed by atoms with Crippen LogP contribution in [0.3, 0.4) is 0 Å². The number of hydrogen-bond donors (Lipinski definition) is 1. The van der Waals surface area contributed by atoms with Crippen molar-refractivity contribution in [2.75, 3.05) is 33.4 Å². The second-order valence-corrected chi connectivity index (χ2v) is 3.45. The van der Waals surface area contributed by atoms with Crippen LogP contribution in [0.25, 0.3) is 0 Å². The molecule has 1 heterocycles. The number of ether oxygens (including phenoxy) is 1. The third-order valence-electron chi connectivity index (χ3n) is 2.19. The van der Waals surface area contributed by atoms with E-state index in [1.54, 1.807) is 0 Å². The van der Waals surface area contributed by atoms with Gasteiger partial charge in [0, 0.05) is 19.2 Å². The highest BCUT2D eigenvalue weighted by Crippen LogP contribution is 2.05. The molecule has 0 aromatic heterocycles. The molecule has 1 saturated heterocycles. The first kappa shape index (κ1) is 10.5. The smallest absolute Gasteiger partial charge is 0.246 e. The van der Waals surface area contributed by atoms with Gasteiger partial charge in [-0.05, 0) is 26.9 Å². The molecule has 1 amide bonds. The van der Waals surface area contributed by atoms with Crippen molar-refractivity contribution in [2.24, 2.45) is 0 Å². The van der Waals surface area contributed by atoms with Crippen LogP contribution in [0.5, 0.6) is 0 Å². The topological polar surface area (TPSA) is 41.6 Å². The summed E-state index contributed by atoms with van der Waals surface area (Å²) in [5.41, 5.74) is 0. The molecular weight excluding hydrogens is 168 g/mol. The maximum atomic E-state index is 11.2. The summed E-state index contributed by atoms with van der Waals surface area (Å²) in [6, 6.07) is 0.318. The number of nitrogens with zero attached hydrogens (tertiary/aromatic N) is 1. The summed E-state index contributed by atoms with van der Waals surface area (Å²) in [4.78, 5) is 13.4. The second-order valence-electron chi connectivity index (χ2n) is 3.45. The zero-order valence-corrected chi connectivity index (χ0v) is 8.38. The zero-order chi connectivity index (χ0) is 9.68. The molecule has 1 unspecified atom stereocenters. The number of carbonyl (C=O) groups is 1. The summed E-state index contributed by atoms with van der Waals surface area (Å²) in [6.45, 7) is 4.70. The average Bonchev–Trinajstić information content (AvgIpc) is 2.48. The van der Waals surface area contributed by atoms with E-state index in [9.17, 15) is 4.79 Å². The fourth-order valence-electron chi connectivity index (χ4n) is 1.52. The van der Waals surface area contributed by atoms with Gasteiger partial charge in [-0.15, -0.1) is 0 Å². The van der Waals surface area contributed by atoms with Gasteiger partial charge in [0.2, 0.25) is 5.91 Å². The minimum absolute atomic E-state index is 0.00199. The van der Waals surface area contributed by atoms with E-state index in [1.165, 1.54) is 0 Å². The van der Waals surface area contributed by atoms with Gasteiger partial charge in [-0.25, -0.2) is 0 Å². The lowest BCUT2D eigenvalue weighted by Crippen LogP contribution is -2.38. The van der Waals surface area contributed by atoms with Crippen LogP contribution < -0.4 is 5.32 Å². The average molecular weight is 186 g/mol. The Labute approximate surface area is 79.2 Å². The molecular formula is C9H18N2O2. The lowest BCUT2D eigenvalue weighted by atomic mass is 10.2. The molecule has 1 aliphatic rings. The highest BCUT2D eigenvalue weighted by atomic mass is 16.5. The molecule has 1 fully saturated rings. The Kier molecular flexibility index (Phi) is 4.18. The number of likely N-dealkylation sites (N-methyl/N-ethyl adjacent to an activating group) is 1. The first-order valence-corrected chi connectivity index (χ1v) is 4.78. The highest BCUT2D eigenvalue weighted by Gasteiger charge is 2.20. The maximum Gasteiger partial charge on any atom is 0.246 e. The highest BCUT2D eigenvalue weighted by molar-refractivity contribution is 5.77. The molecule has 4 heteroatoms. The van der Waals surface area contributed by atoms with Crippen molar-refractivity contribution in [1.82, 2.24) is 10.2 Å². The van der Waals surface area contributed by atoms with Crippen LogP contribution in [0.1, 0.15) is 13.3 Å². The van der Waals surface area contributed by atoms with Gasteiger partial charge >= 0.3 is 0 Å². The molecule has 4 nitrogen and oxygen atoms in total. The normalized spacial score (nSPS) is 23.4. The molecule has 1 N–H and O–H groups in total. The summed E-state index contributed by atoms with van der Waals surface area (Å²) in [7, 11) is 2.06. The zero-order valence-electron chi connectivity index (χ0n) is 8.38. The third-order valence-corrected chi connectivity index (χ3v) is 2.19. The molecule has 1 rings (SSSR count). The molecule has 0 bridgehead atoms. The lowest BCUT2D eigenvalue weighted by Gasteiger charge is -2.12. The van der Waals surface area contributed by atoms with Crippen LogP contribution in [-0.2, 0) is 9.53 Å². The molecule has 1 aliphatic heterocycles. The van der Waals surface area contributed by atoms with Crippen molar-refractivity contribution in [3.8, 4) is 0 Å². The summed E-state index contributed by atoms with van der Waals surface area (Å²) in [6.07, 6.45) is 1.05.